The van der Waals surface area contributed by atoms with Crippen LogP contribution in [0.2, 0.25) is 5.02 Å². The Hall–Kier alpha value is -2.68. The number of sulfonamides is 1. The quantitative estimate of drug-likeness (QED) is 0.400. The Morgan fingerprint density at radius 1 is 1.26 bits per heavy atom. The van der Waals surface area contributed by atoms with E-state index in [0.717, 1.165) is 22.0 Å². The fourth-order valence-corrected chi connectivity index (χ4v) is 5.38. The van der Waals surface area contributed by atoms with Crippen LogP contribution in [0.4, 0.5) is 11.5 Å². The Labute approximate surface area is 215 Å². The number of piperidine rings is 1. The Morgan fingerprint density at radius 2 is 2.00 bits per heavy atom. The highest BCUT2D eigenvalue weighted by atomic mass is 35.5. The van der Waals surface area contributed by atoms with Gasteiger partial charge in [-0.3, -0.25) is 5.32 Å². The van der Waals surface area contributed by atoms with E-state index in [4.69, 9.17) is 16.3 Å². The highest BCUT2D eigenvalue weighted by Gasteiger charge is 2.24. The van der Waals surface area contributed by atoms with Crippen molar-refractivity contribution < 1.29 is 30.9 Å². The third-order valence-corrected chi connectivity index (χ3v) is 6.94. The van der Waals surface area contributed by atoms with E-state index in [0.29, 0.717) is 54.6 Å². The van der Waals surface area contributed by atoms with Crippen LogP contribution in [0.15, 0.2) is 36.5 Å². The van der Waals surface area contributed by atoms with Crippen LogP contribution in [0, 0.1) is 11.3 Å². The largest absolute Gasteiger partial charge is 1.00 e. The summed E-state index contributed by atoms with van der Waals surface area (Å²) in [6, 6.07) is 11.5. The summed E-state index contributed by atoms with van der Waals surface area (Å²) in [7, 11) is -1.66. The van der Waals surface area contributed by atoms with E-state index in [1.165, 1.54) is 6.26 Å². The topological polar surface area (TPSA) is 125 Å². The zero-order valence-corrected chi connectivity index (χ0v) is 21.7. The number of methoxy groups -OCH3 is 1. The first kappa shape index (κ1) is 26.9. The number of nitrogens with zero attached hydrogens (tertiary/aromatic N) is 4. The molecule has 1 fully saturated rings. The lowest BCUT2D eigenvalue weighted by Crippen LogP contribution is -3.00. The number of rotatable bonds is 7. The summed E-state index contributed by atoms with van der Waals surface area (Å²) in [4.78, 5) is 2.18. The lowest BCUT2D eigenvalue weighted by atomic mass is 10.0. The number of hydrogen-bond acceptors (Lipinski definition) is 7. The summed E-state index contributed by atoms with van der Waals surface area (Å²) >= 11 is 6.25. The molecule has 0 spiro atoms. The average molecular weight is 537 g/mol. The van der Waals surface area contributed by atoms with Gasteiger partial charge in [-0.2, -0.15) is 10.4 Å². The maximum atomic E-state index is 11.6. The number of hydrogen-bond donors (Lipinski definition) is 2. The standard InChI is InChI=1S/C23H25ClN6O3S.ClH/c1-33-22-4-3-15(10-20(22)24)13-26-23-18-9-16(12-25)11-21(19(18)14-27-28-23)30-7-5-17(6-8-30)29-34(2,31)32;/h3-4,9-11,14,17,29H,5-8,13H2,1-2H3,(H,26,28);1H. The predicted octanol–water partition coefficient (Wildman–Crippen LogP) is -0.919. The van der Waals surface area contributed by atoms with Crippen molar-refractivity contribution in [1.82, 2.24) is 14.9 Å². The van der Waals surface area contributed by atoms with Crippen molar-refractivity contribution >= 4 is 43.9 Å². The molecule has 1 aliphatic rings. The Kier molecular flexibility index (Phi) is 8.74. The Bertz CT molecular complexity index is 1360. The molecule has 0 radical (unpaired) electrons. The molecule has 4 rings (SSSR count). The van der Waals surface area contributed by atoms with Gasteiger partial charge < -0.3 is 22.0 Å². The van der Waals surface area contributed by atoms with Crippen LogP contribution >= 0.6 is 11.6 Å². The number of fused-ring (bicyclic) bond motifs is 1. The fraction of sp³-hybridized carbons (Fsp3) is 0.348. The van der Waals surface area contributed by atoms with E-state index >= 15 is 0 Å². The molecule has 0 bridgehead atoms. The van der Waals surface area contributed by atoms with Gasteiger partial charge in [-0.15, -0.1) is 0 Å². The predicted molar refractivity (Wildman–Crippen MR) is 131 cm³/mol. The summed E-state index contributed by atoms with van der Waals surface area (Å²) in [6.07, 6.45) is 4.26. The van der Waals surface area contributed by atoms with E-state index in [-0.39, 0.29) is 18.4 Å². The van der Waals surface area contributed by atoms with Gasteiger partial charge in [-0.05, 0) is 43.2 Å². The van der Waals surface area contributed by atoms with Crippen molar-refractivity contribution in [1.29, 1.82) is 5.26 Å². The van der Waals surface area contributed by atoms with Crippen LogP contribution in [0.25, 0.3) is 10.8 Å². The van der Waals surface area contributed by atoms with Crippen molar-refractivity contribution in [2.45, 2.75) is 25.4 Å². The van der Waals surface area contributed by atoms with Gasteiger partial charge in [0.1, 0.15) is 12.3 Å². The van der Waals surface area contributed by atoms with Gasteiger partial charge in [-0.1, -0.05) is 16.7 Å². The normalized spacial score (nSPS) is 14.4. The highest BCUT2D eigenvalue weighted by molar-refractivity contribution is 7.88. The molecule has 186 valence electrons. The fourth-order valence-electron chi connectivity index (χ4n) is 4.26. The summed E-state index contributed by atoms with van der Waals surface area (Å²) in [6.45, 7) is 1.93. The third-order valence-electron chi connectivity index (χ3n) is 5.88. The van der Waals surface area contributed by atoms with Gasteiger partial charge in [0.05, 0.1) is 41.6 Å². The minimum atomic E-state index is -3.24. The Balaban J connectivity index is 0.00000342. The van der Waals surface area contributed by atoms with Crippen LogP contribution in [0.3, 0.4) is 0 Å². The van der Waals surface area contributed by atoms with E-state index in [2.05, 4.69) is 25.9 Å². The van der Waals surface area contributed by atoms with Gasteiger partial charge in [0, 0.05) is 35.8 Å². The first-order valence-electron chi connectivity index (χ1n) is 10.8. The number of halogens is 2. The molecule has 35 heavy (non-hydrogen) atoms. The molecular weight excluding hydrogens is 511 g/mol. The second kappa shape index (κ2) is 11.4. The molecule has 1 saturated heterocycles. The number of nitrogens with two attached hydrogens (primary N) is 1. The maximum absolute atomic E-state index is 11.6. The smallest absolute Gasteiger partial charge is 0.252 e. The maximum Gasteiger partial charge on any atom is 0.252 e. The summed E-state index contributed by atoms with van der Waals surface area (Å²) in [5, 5.41) is 22.5. The van der Waals surface area contributed by atoms with Gasteiger partial charge in [-0.25, -0.2) is 13.1 Å². The number of anilines is 1. The lowest BCUT2D eigenvalue weighted by Gasteiger charge is -2.34. The molecule has 1 aliphatic heterocycles. The number of aromatic nitrogens is 2. The zero-order valence-electron chi connectivity index (χ0n) is 19.3. The van der Waals surface area contributed by atoms with Crippen molar-refractivity contribution in [3.63, 3.8) is 0 Å². The second-order valence-electron chi connectivity index (χ2n) is 8.33. The van der Waals surface area contributed by atoms with Gasteiger partial charge in [0.15, 0.2) is 0 Å². The number of quaternary nitrogens is 1. The average Bonchev–Trinajstić information content (AvgIpc) is 2.81. The summed E-state index contributed by atoms with van der Waals surface area (Å²) in [5.41, 5.74) is 2.44. The summed E-state index contributed by atoms with van der Waals surface area (Å²) < 4.78 is 31.0. The number of nitrogens with one attached hydrogen (secondary N) is 1. The van der Waals surface area contributed by atoms with E-state index in [9.17, 15) is 13.7 Å². The first-order valence-corrected chi connectivity index (χ1v) is 13.1. The summed E-state index contributed by atoms with van der Waals surface area (Å²) in [5.74, 6) is 1.31. The van der Waals surface area contributed by atoms with E-state index in [1.807, 2.05) is 35.6 Å². The van der Waals surface area contributed by atoms with Crippen molar-refractivity contribution in [2.75, 3.05) is 31.4 Å². The Morgan fingerprint density at radius 3 is 2.63 bits per heavy atom. The molecule has 9 nitrogen and oxygen atoms in total. The second-order valence-corrected chi connectivity index (χ2v) is 10.5. The van der Waals surface area contributed by atoms with E-state index < -0.39 is 10.0 Å². The molecule has 1 aromatic heterocycles. The minimum absolute atomic E-state index is 0. The van der Waals surface area contributed by atoms with Crippen molar-refractivity contribution in [3.8, 4) is 11.8 Å². The molecule has 3 aromatic rings. The molecule has 0 amide bonds. The van der Waals surface area contributed by atoms with Crippen LogP contribution < -0.4 is 32.1 Å². The number of ether oxygens (including phenoxy) is 1. The lowest BCUT2D eigenvalue weighted by molar-refractivity contribution is -0.591. The molecule has 0 atom stereocenters. The van der Waals surface area contributed by atoms with Gasteiger partial charge in [0.25, 0.3) is 5.82 Å². The molecule has 0 saturated carbocycles. The van der Waals surface area contributed by atoms with Gasteiger partial charge >= 0.3 is 0 Å². The van der Waals surface area contributed by atoms with Crippen LogP contribution in [0.5, 0.6) is 5.75 Å². The van der Waals surface area contributed by atoms with Gasteiger partial charge in [0.2, 0.25) is 10.0 Å². The van der Waals surface area contributed by atoms with Crippen LogP contribution in [0.1, 0.15) is 24.0 Å². The molecule has 3 N–H and O–H groups in total. The molecular formula is C23H26Cl2N6O3S. The monoisotopic (exact) mass is 536 g/mol. The molecule has 12 heteroatoms. The molecule has 2 heterocycles. The van der Waals surface area contributed by atoms with E-state index in [1.54, 1.807) is 13.3 Å². The van der Waals surface area contributed by atoms with Crippen LogP contribution in [-0.4, -0.2) is 51.1 Å². The zero-order chi connectivity index (χ0) is 24.3. The third kappa shape index (κ3) is 6.51. The molecule has 2 aromatic carbocycles. The number of nitriles is 1. The van der Waals surface area contributed by atoms with Crippen molar-refractivity contribution in [2.24, 2.45) is 0 Å². The molecule has 0 unspecified atom stereocenters. The minimum Gasteiger partial charge on any atom is -1.00 e. The molecule has 0 aliphatic carbocycles. The first-order chi connectivity index (χ1) is 16.3. The van der Waals surface area contributed by atoms with Crippen LogP contribution in [-0.2, 0) is 16.6 Å². The highest BCUT2D eigenvalue weighted by Crippen LogP contribution is 2.32. The SMILES string of the molecule is COc1ccc(C[NH2+]c2nncc3c(N4CCC(NS(C)(=O)=O)CC4)cc(C#N)cc23)cc1Cl.[Cl-]. The number of benzene rings is 2. The van der Waals surface area contributed by atoms with Crippen molar-refractivity contribution in [3.05, 3.63) is 52.7 Å².